The van der Waals surface area contributed by atoms with Crippen LogP contribution >= 0.6 is 0 Å². The molecule has 0 atom stereocenters. The van der Waals surface area contributed by atoms with Gasteiger partial charge in [-0.3, -0.25) is 10.1 Å². The van der Waals surface area contributed by atoms with E-state index in [1.54, 1.807) is 0 Å². The van der Waals surface area contributed by atoms with Crippen LogP contribution in [0.15, 0.2) is 12.1 Å². The van der Waals surface area contributed by atoms with E-state index in [1.165, 1.54) is 13.2 Å². The largest absolute Gasteiger partial charge is 0.490 e. The van der Waals surface area contributed by atoms with Crippen LogP contribution in [-0.2, 0) is 0 Å². The Labute approximate surface area is 104 Å². The van der Waals surface area contributed by atoms with Gasteiger partial charge in [0.2, 0.25) is 0 Å². The Hall–Kier alpha value is -1.85. The first-order valence-corrected chi connectivity index (χ1v) is 5.79. The van der Waals surface area contributed by atoms with Crippen molar-refractivity contribution in [2.75, 3.05) is 12.4 Å². The van der Waals surface area contributed by atoms with Gasteiger partial charge in [0, 0.05) is 12.1 Å². The standard InChI is InChI=1S/C12H15FN2O3/c1-7-3-8(4-7)14-10-6-12(18-2)11(15(16)17)5-9(10)13/h5-8,14H,3-4H2,1-2H3. The zero-order valence-electron chi connectivity index (χ0n) is 10.3. The molecule has 0 amide bonds. The monoisotopic (exact) mass is 254 g/mol. The van der Waals surface area contributed by atoms with Crippen molar-refractivity contribution in [1.29, 1.82) is 0 Å². The van der Waals surface area contributed by atoms with Gasteiger partial charge < -0.3 is 10.1 Å². The van der Waals surface area contributed by atoms with Gasteiger partial charge in [-0.05, 0) is 18.8 Å². The predicted octanol–water partition coefficient (Wildman–Crippen LogP) is 2.95. The average Bonchev–Trinajstić information content (AvgIpc) is 2.28. The Morgan fingerprint density at radius 2 is 2.17 bits per heavy atom. The van der Waals surface area contributed by atoms with Crippen LogP contribution in [0.5, 0.6) is 5.75 Å². The highest BCUT2D eigenvalue weighted by molar-refractivity contribution is 5.59. The Balaban J connectivity index is 2.23. The summed E-state index contributed by atoms with van der Waals surface area (Å²) in [5, 5.41) is 13.8. The summed E-state index contributed by atoms with van der Waals surface area (Å²) in [6.07, 6.45) is 1.97. The van der Waals surface area contributed by atoms with Gasteiger partial charge in [-0.15, -0.1) is 0 Å². The van der Waals surface area contributed by atoms with Crippen LogP contribution in [0.25, 0.3) is 0 Å². The lowest BCUT2D eigenvalue weighted by molar-refractivity contribution is -0.385. The first-order chi connectivity index (χ1) is 8.51. The van der Waals surface area contributed by atoms with Gasteiger partial charge in [-0.1, -0.05) is 6.92 Å². The van der Waals surface area contributed by atoms with Gasteiger partial charge in [0.05, 0.1) is 23.8 Å². The molecule has 0 bridgehead atoms. The maximum absolute atomic E-state index is 13.7. The minimum absolute atomic E-state index is 0.0660. The topological polar surface area (TPSA) is 64.4 Å². The molecular weight excluding hydrogens is 239 g/mol. The molecule has 0 aliphatic heterocycles. The zero-order chi connectivity index (χ0) is 13.3. The van der Waals surface area contributed by atoms with Gasteiger partial charge in [0.1, 0.15) is 0 Å². The van der Waals surface area contributed by atoms with Crippen LogP contribution in [0.2, 0.25) is 0 Å². The molecule has 0 radical (unpaired) electrons. The molecule has 0 heterocycles. The van der Waals surface area contributed by atoms with Gasteiger partial charge in [0.15, 0.2) is 11.6 Å². The third-order valence-corrected chi connectivity index (χ3v) is 3.20. The molecule has 2 rings (SSSR count). The molecular formula is C12H15FN2O3. The van der Waals surface area contributed by atoms with Crippen molar-refractivity contribution in [3.63, 3.8) is 0 Å². The van der Waals surface area contributed by atoms with E-state index in [0.717, 1.165) is 18.9 Å². The first kappa shape index (κ1) is 12.6. The molecule has 1 N–H and O–H groups in total. The molecule has 0 unspecified atom stereocenters. The van der Waals surface area contributed by atoms with Gasteiger partial charge in [-0.25, -0.2) is 4.39 Å². The summed E-state index contributed by atoms with van der Waals surface area (Å²) in [5.41, 5.74) is -0.100. The fourth-order valence-corrected chi connectivity index (χ4v) is 2.20. The fraction of sp³-hybridized carbons (Fsp3) is 0.500. The molecule has 1 saturated carbocycles. The number of methoxy groups -OCH3 is 1. The Bertz CT molecular complexity index is 473. The minimum atomic E-state index is -0.656. The molecule has 6 heteroatoms. The van der Waals surface area contributed by atoms with Crippen LogP contribution in [-0.4, -0.2) is 18.1 Å². The van der Waals surface area contributed by atoms with Crippen molar-refractivity contribution >= 4 is 11.4 Å². The third kappa shape index (κ3) is 2.37. The van der Waals surface area contributed by atoms with Gasteiger partial charge >= 0.3 is 5.69 Å². The number of ether oxygens (including phenoxy) is 1. The maximum Gasteiger partial charge on any atom is 0.313 e. The highest BCUT2D eigenvalue weighted by Gasteiger charge is 2.27. The molecule has 98 valence electrons. The van der Waals surface area contributed by atoms with Crippen LogP contribution in [0, 0.1) is 21.8 Å². The number of nitro benzene ring substituents is 1. The van der Waals surface area contributed by atoms with Crippen molar-refractivity contribution in [3.05, 3.63) is 28.1 Å². The number of nitro groups is 1. The maximum atomic E-state index is 13.7. The summed E-state index contributed by atoms with van der Waals surface area (Å²) < 4.78 is 18.6. The molecule has 5 nitrogen and oxygen atoms in total. The summed E-state index contributed by atoms with van der Waals surface area (Å²) in [5.74, 6) is 0.0869. The van der Waals surface area contributed by atoms with E-state index >= 15 is 0 Å². The van der Waals surface area contributed by atoms with Gasteiger partial charge in [-0.2, -0.15) is 0 Å². The van der Waals surface area contributed by atoms with Crippen LogP contribution in [0.4, 0.5) is 15.8 Å². The van der Waals surface area contributed by atoms with E-state index in [4.69, 9.17) is 4.74 Å². The molecule has 0 saturated heterocycles. The average molecular weight is 254 g/mol. The number of nitrogens with zero attached hydrogens (tertiary/aromatic N) is 1. The number of hydrogen-bond acceptors (Lipinski definition) is 4. The number of nitrogens with one attached hydrogen (secondary N) is 1. The summed E-state index contributed by atoms with van der Waals surface area (Å²) in [7, 11) is 1.33. The number of hydrogen-bond donors (Lipinski definition) is 1. The second-order valence-corrected chi connectivity index (χ2v) is 4.68. The van der Waals surface area contributed by atoms with E-state index in [9.17, 15) is 14.5 Å². The fourth-order valence-electron chi connectivity index (χ4n) is 2.20. The van der Waals surface area contributed by atoms with Crippen LogP contribution in [0.3, 0.4) is 0 Å². The molecule has 1 aliphatic rings. The predicted molar refractivity (Wildman–Crippen MR) is 65.4 cm³/mol. The number of rotatable bonds is 4. The lowest BCUT2D eigenvalue weighted by Crippen LogP contribution is -2.34. The van der Waals surface area contributed by atoms with Crippen molar-refractivity contribution in [2.24, 2.45) is 5.92 Å². The Morgan fingerprint density at radius 1 is 1.50 bits per heavy atom. The molecule has 1 fully saturated rings. The SMILES string of the molecule is COc1cc(NC2CC(C)C2)c(F)cc1[N+](=O)[O-]. The molecule has 1 aliphatic carbocycles. The summed E-state index contributed by atoms with van der Waals surface area (Å²) >= 11 is 0. The second kappa shape index (κ2) is 4.80. The summed E-state index contributed by atoms with van der Waals surface area (Å²) in [6, 6.07) is 2.47. The highest BCUT2D eigenvalue weighted by Crippen LogP contribution is 2.35. The lowest BCUT2D eigenvalue weighted by Gasteiger charge is -2.34. The number of benzene rings is 1. The Kier molecular flexibility index (Phi) is 3.36. The van der Waals surface area contributed by atoms with Crippen molar-refractivity contribution < 1.29 is 14.1 Å². The van der Waals surface area contributed by atoms with E-state index < -0.39 is 10.7 Å². The van der Waals surface area contributed by atoms with Crippen molar-refractivity contribution in [3.8, 4) is 5.75 Å². The second-order valence-electron chi connectivity index (χ2n) is 4.68. The summed E-state index contributed by atoms with van der Waals surface area (Å²) in [6.45, 7) is 2.13. The van der Waals surface area contributed by atoms with E-state index in [1.807, 2.05) is 0 Å². The van der Waals surface area contributed by atoms with Crippen LogP contribution in [0.1, 0.15) is 19.8 Å². The highest BCUT2D eigenvalue weighted by atomic mass is 19.1. The lowest BCUT2D eigenvalue weighted by atomic mass is 9.82. The zero-order valence-corrected chi connectivity index (χ0v) is 10.3. The van der Waals surface area contributed by atoms with Crippen LogP contribution < -0.4 is 10.1 Å². The minimum Gasteiger partial charge on any atom is -0.490 e. The Morgan fingerprint density at radius 3 is 2.67 bits per heavy atom. The number of anilines is 1. The normalized spacial score (nSPS) is 22.2. The quantitative estimate of drug-likeness (QED) is 0.662. The van der Waals surface area contributed by atoms with Gasteiger partial charge in [0.25, 0.3) is 0 Å². The van der Waals surface area contributed by atoms with Crippen molar-refractivity contribution in [1.82, 2.24) is 0 Å². The third-order valence-electron chi connectivity index (χ3n) is 3.20. The summed E-state index contributed by atoms with van der Waals surface area (Å²) in [4.78, 5) is 10.1. The van der Waals surface area contributed by atoms with E-state index in [-0.39, 0.29) is 23.2 Å². The molecule has 0 aromatic heterocycles. The molecule has 1 aromatic carbocycles. The van der Waals surface area contributed by atoms with E-state index in [0.29, 0.717) is 5.92 Å². The molecule has 1 aromatic rings. The number of halogens is 1. The molecule has 0 spiro atoms. The first-order valence-electron chi connectivity index (χ1n) is 5.79. The van der Waals surface area contributed by atoms with E-state index in [2.05, 4.69) is 12.2 Å². The van der Waals surface area contributed by atoms with Crippen molar-refractivity contribution in [2.45, 2.75) is 25.8 Å². The smallest absolute Gasteiger partial charge is 0.313 e. The molecule has 18 heavy (non-hydrogen) atoms.